The first-order valence-electron chi connectivity index (χ1n) is 6.57. The predicted octanol–water partition coefficient (Wildman–Crippen LogP) is 2.56. The molecule has 18 heavy (non-hydrogen) atoms. The first kappa shape index (κ1) is 13.8. The third kappa shape index (κ3) is 3.25. The molecule has 0 bridgehead atoms. The van der Waals surface area contributed by atoms with Crippen molar-refractivity contribution in [3.05, 3.63) is 28.2 Å². The molecule has 1 fully saturated rings. The van der Waals surface area contributed by atoms with Gasteiger partial charge in [-0.15, -0.1) is 0 Å². The van der Waals surface area contributed by atoms with E-state index in [2.05, 4.69) is 45.6 Å². The summed E-state index contributed by atoms with van der Waals surface area (Å²) in [4.78, 5) is 5.01. The summed E-state index contributed by atoms with van der Waals surface area (Å²) in [5.74, 6) is 0. The van der Waals surface area contributed by atoms with Crippen molar-refractivity contribution in [1.29, 1.82) is 0 Å². The van der Waals surface area contributed by atoms with Crippen LogP contribution >= 0.6 is 15.9 Å². The van der Waals surface area contributed by atoms with Gasteiger partial charge in [0.05, 0.1) is 0 Å². The number of benzene rings is 1. The molecular formula is C14H22BrN3. The summed E-state index contributed by atoms with van der Waals surface area (Å²) in [7, 11) is 0. The van der Waals surface area contributed by atoms with Gasteiger partial charge < -0.3 is 5.73 Å². The lowest BCUT2D eigenvalue weighted by atomic mass is 10.1. The van der Waals surface area contributed by atoms with Crippen LogP contribution in [0.25, 0.3) is 0 Å². The molecule has 0 radical (unpaired) electrons. The Hall–Kier alpha value is -0.580. The zero-order chi connectivity index (χ0) is 13.1. The van der Waals surface area contributed by atoms with E-state index in [-0.39, 0.29) is 0 Å². The first-order chi connectivity index (χ1) is 8.58. The molecule has 1 aliphatic rings. The Kier molecular flexibility index (Phi) is 4.65. The Morgan fingerprint density at radius 2 is 1.89 bits per heavy atom. The molecule has 0 aliphatic carbocycles. The van der Waals surface area contributed by atoms with Crippen molar-refractivity contribution in [3.63, 3.8) is 0 Å². The van der Waals surface area contributed by atoms with Gasteiger partial charge in [-0.25, -0.2) is 0 Å². The minimum atomic E-state index is 0.653. The van der Waals surface area contributed by atoms with Crippen molar-refractivity contribution in [3.8, 4) is 0 Å². The summed E-state index contributed by atoms with van der Waals surface area (Å²) < 4.78 is 1.12. The molecule has 2 N–H and O–H groups in total. The van der Waals surface area contributed by atoms with Crippen LogP contribution in [0.15, 0.2) is 22.7 Å². The molecule has 0 saturated carbocycles. The van der Waals surface area contributed by atoms with E-state index in [0.29, 0.717) is 6.04 Å². The second kappa shape index (κ2) is 6.04. The summed E-state index contributed by atoms with van der Waals surface area (Å²) in [6, 6.07) is 6.68. The number of rotatable bonds is 3. The van der Waals surface area contributed by atoms with E-state index in [9.17, 15) is 0 Å². The molecule has 2 rings (SSSR count). The number of nitrogens with two attached hydrogens (primary N) is 1. The maximum atomic E-state index is 6.05. The Labute approximate surface area is 118 Å². The number of piperazine rings is 1. The lowest BCUT2D eigenvalue weighted by molar-refractivity contribution is 0.104. The largest absolute Gasteiger partial charge is 0.398 e. The number of halogens is 1. The van der Waals surface area contributed by atoms with Gasteiger partial charge in [0.15, 0.2) is 0 Å². The number of anilines is 1. The summed E-state index contributed by atoms with van der Waals surface area (Å²) in [5, 5.41) is 0. The second-order valence-electron chi connectivity index (χ2n) is 5.21. The number of hydrogen-bond donors (Lipinski definition) is 1. The maximum absolute atomic E-state index is 6.05. The summed E-state index contributed by atoms with van der Waals surface area (Å²) in [6.07, 6.45) is 0. The average molecular weight is 312 g/mol. The van der Waals surface area contributed by atoms with Gasteiger partial charge in [-0.05, 0) is 26.0 Å². The molecule has 0 amide bonds. The molecule has 3 nitrogen and oxygen atoms in total. The number of hydrogen-bond acceptors (Lipinski definition) is 3. The summed E-state index contributed by atoms with van der Waals surface area (Å²) in [6.45, 7) is 10.0. The Bertz CT molecular complexity index is 378. The van der Waals surface area contributed by atoms with Gasteiger partial charge in [-0.2, -0.15) is 0 Å². The van der Waals surface area contributed by atoms with Crippen LogP contribution in [0.5, 0.6) is 0 Å². The molecule has 100 valence electrons. The van der Waals surface area contributed by atoms with Crippen LogP contribution < -0.4 is 5.73 Å². The van der Waals surface area contributed by atoms with Gasteiger partial charge in [-0.1, -0.05) is 22.0 Å². The minimum absolute atomic E-state index is 0.653. The molecule has 4 heteroatoms. The third-order valence-electron chi connectivity index (χ3n) is 3.67. The molecule has 0 unspecified atom stereocenters. The van der Waals surface area contributed by atoms with E-state index in [1.54, 1.807) is 0 Å². The highest BCUT2D eigenvalue weighted by atomic mass is 79.9. The first-order valence-corrected chi connectivity index (χ1v) is 7.36. The van der Waals surface area contributed by atoms with Crippen LogP contribution in [0.1, 0.15) is 19.4 Å². The van der Waals surface area contributed by atoms with Gasteiger partial charge in [0.25, 0.3) is 0 Å². The topological polar surface area (TPSA) is 32.5 Å². The van der Waals surface area contributed by atoms with Crippen molar-refractivity contribution >= 4 is 21.6 Å². The lowest BCUT2D eigenvalue weighted by Crippen LogP contribution is -2.48. The average Bonchev–Trinajstić information content (AvgIpc) is 2.34. The van der Waals surface area contributed by atoms with Crippen LogP contribution in [0, 0.1) is 0 Å². The van der Waals surface area contributed by atoms with E-state index < -0.39 is 0 Å². The standard InChI is InChI=1S/C14H22BrN3/c1-11(2)18-8-6-17(7-9-18)10-12-13(15)4-3-5-14(12)16/h3-5,11H,6-10,16H2,1-2H3. The molecule has 0 atom stereocenters. The van der Waals surface area contributed by atoms with Gasteiger partial charge in [0, 0.05) is 54.5 Å². The maximum Gasteiger partial charge on any atom is 0.0371 e. The molecular weight excluding hydrogens is 290 g/mol. The van der Waals surface area contributed by atoms with E-state index in [4.69, 9.17) is 5.73 Å². The smallest absolute Gasteiger partial charge is 0.0371 e. The molecule has 0 spiro atoms. The van der Waals surface area contributed by atoms with Gasteiger partial charge >= 0.3 is 0 Å². The van der Waals surface area contributed by atoms with Crippen LogP contribution in [-0.4, -0.2) is 42.0 Å². The lowest BCUT2D eigenvalue weighted by Gasteiger charge is -2.37. The quantitative estimate of drug-likeness (QED) is 0.871. The monoisotopic (exact) mass is 311 g/mol. The molecule has 1 saturated heterocycles. The van der Waals surface area contributed by atoms with E-state index in [1.165, 1.54) is 5.56 Å². The summed E-state index contributed by atoms with van der Waals surface area (Å²) in [5.41, 5.74) is 8.15. The molecule has 1 aromatic carbocycles. The Morgan fingerprint density at radius 1 is 1.22 bits per heavy atom. The minimum Gasteiger partial charge on any atom is -0.398 e. The number of nitrogen functional groups attached to an aromatic ring is 1. The SMILES string of the molecule is CC(C)N1CCN(Cc2c(N)cccc2Br)CC1. The highest BCUT2D eigenvalue weighted by Gasteiger charge is 2.19. The Balaban J connectivity index is 1.96. The van der Waals surface area contributed by atoms with Crippen molar-refractivity contribution < 1.29 is 0 Å². The van der Waals surface area contributed by atoms with Gasteiger partial charge in [0.2, 0.25) is 0 Å². The van der Waals surface area contributed by atoms with Crippen LogP contribution in [0.3, 0.4) is 0 Å². The van der Waals surface area contributed by atoms with Crippen LogP contribution in [0.2, 0.25) is 0 Å². The van der Waals surface area contributed by atoms with Crippen molar-refractivity contribution in [1.82, 2.24) is 9.80 Å². The van der Waals surface area contributed by atoms with Gasteiger partial charge in [-0.3, -0.25) is 9.80 Å². The van der Waals surface area contributed by atoms with Gasteiger partial charge in [0.1, 0.15) is 0 Å². The molecule has 0 aromatic heterocycles. The molecule has 1 heterocycles. The highest BCUT2D eigenvalue weighted by molar-refractivity contribution is 9.10. The zero-order valence-corrected chi connectivity index (χ0v) is 12.8. The predicted molar refractivity (Wildman–Crippen MR) is 80.5 cm³/mol. The zero-order valence-electron chi connectivity index (χ0n) is 11.2. The van der Waals surface area contributed by atoms with Crippen LogP contribution in [-0.2, 0) is 6.54 Å². The van der Waals surface area contributed by atoms with E-state index in [1.807, 2.05) is 12.1 Å². The number of nitrogens with zero attached hydrogens (tertiary/aromatic N) is 2. The molecule has 1 aliphatic heterocycles. The molecule has 1 aromatic rings. The fourth-order valence-corrected chi connectivity index (χ4v) is 2.91. The highest BCUT2D eigenvalue weighted by Crippen LogP contribution is 2.24. The normalized spacial score (nSPS) is 18.4. The van der Waals surface area contributed by atoms with E-state index >= 15 is 0 Å². The fourth-order valence-electron chi connectivity index (χ4n) is 2.40. The Morgan fingerprint density at radius 3 is 2.44 bits per heavy atom. The third-order valence-corrected chi connectivity index (χ3v) is 4.42. The second-order valence-corrected chi connectivity index (χ2v) is 6.07. The fraction of sp³-hybridized carbons (Fsp3) is 0.571. The van der Waals surface area contributed by atoms with Crippen LogP contribution in [0.4, 0.5) is 5.69 Å². The van der Waals surface area contributed by atoms with Crippen molar-refractivity contribution in [2.45, 2.75) is 26.4 Å². The van der Waals surface area contributed by atoms with Crippen molar-refractivity contribution in [2.75, 3.05) is 31.9 Å². The van der Waals surface area contributed by atoms with Crippen molar-refractivity contribution in [2.24, 2.45) is 0 Å². The summed E-state index contributed by atoms with van der Waals surface area (Å²) >= 11 is 3.59. The van der Waals surface area contributed by atoms with E-state index in [0.717, 1.165) is 42.9 Å².